The van der Waals surface area contributed by atoms with Gasteiger partial charge in [-0.1, -0.05) is 6.92 Å². The molecule has 0 fully saturated rings. The minimum absolute atomic E-state index is 0.272. The third-order valence-electron chi connectivity index (χ3n) is 4.42. The number of hydrogen-bond donors (Lipinski definition) is 1. The fraction of sp³-hybridized carbons (Fsp3) is 0.476. The number of carbonyl (C=O) groups is 1. The van der Waals surface area contributed by atoms with Gasteiger partial charge in [-0.2, -0.15) is 0 Å². The summed E-state index contributed by atoms with van der Waals surface area (Å²) >= 11 is 0. The highest BCUT2D eigenvalue weighted by Crippen LogP contribution is 2.30. The lowest BCUT2D eigenvalue weighted by Crippen LogP contribution is -2.24. The zero-order valence-electron chi connectivity index (χ0n) is 18.5. The first kappa shape index (κ1) is 23.2. The van der Waals surface area contributed by atoms with Crippen molar-refractivity contribution >= 4 is 28.8 Å². The topological polar surface area (TPSA) is 88.8 Å². The van der Waals surface area contributed by atoms with Gasteiger partial charge in [0.15, 0.2) is 11.6 Å². The molecule has 9 heteroatoms. The number of hydrogen-bond acceptors (Lipinski definition) is 7. The van der Waals surface area contributed by atoms with E-state index in [4.69, 9.17) is 9.89 Å². The lowest BCUT2D eigenvalue weighted by molar-refractivity contribution is -0.106. The van der Waals surface area contributed by atoms with Gasteiger partial charge in [0.25, 0.3) is 0 Å². The first-order valence-electron chi connectivity index (χ1n) is 10.0. The largest absolute Gasteiger partial charge is 0.373 e. The maximum Gasteiger partial charge on any atom is 0.172 e. The number of carbonyl (C=O) groups excluding carboxylic acids is 1. The van der Waals surface area contributed by atoms with E-state index in [2.05, 4.69) is 39.0 Å². The summed E-state index contributed by atoms with van der Waals surface area (Å²) in [7, 11) is 1.82. The SMILES string of the molecule is CC=O.CCCN(CC)c1nn(-c2cncc(C(C)(C)F)n2)c2cc(NC)ncc12. The van der Waals surface area contributed by atoms with Crippen molar-refractivity contribution in [1.82, 2.24) is 24.7 Å². The van der Waals surface area contributed by atoms with Crippen molar-refractivity contribution in [1.29, 1.82) is 0 Å². The van der Waals surface area contributed by atoms with Crippen molar-refractivity contribution < 1.29 is 9.18 Å². The fourth-order valence-corrected chi connectivity index (χ4v) is 2.97. The van der Waals surface area contributed by atoms with E-state index in [0.717, 1.165) is 48.3 Å². The van der Waals surface area contributed by atoms with E-state index in [-0.39, 0.29) is 5.69 Å². The van der Waals surface area contributed by atoms with Gasteiger partial charge in [-0.3, -0.25) is 4.98 Å². The van der Waals surface area contributed by atoms with Crippen LogP contribution in [0.5, 0.6) is 0 Å². The van der Waals surface area contributed by atoms with Gasteiger partial charge in [-0.15, -0.1) is 5.10 Å². The molecule has 0 aliphatic carbocycles. The van der Waals surface area contributed by atoms with Crippen LogP contribution in [0.2, 0.25) is 0 Å². The summed E-state index contributed by atoms with van der Waals surface area (Å²) in [5.74, 6) is 2.05. The van der Waals surface area contributed by atoms with Crippen LogP contribution in [0.4, 0.5) is 16.0 Å². The van der Waals surface area contributed by atoms with E-state index in [1.54, 1.807) is 10.9 Å². The van der Waals surface area contributed by atoms with Crippen LogP contribution in [-0.4, -0.2) is 51.2 Å². The van der Waals surface area contributed by atoms with Crippen LogP contribution in [0.1, 0.15) is 46.7 Å². The molecule has 0 saturated carbocycles. The molecule has 0 unspecified atom stereocenters. The molecule has 8 nitrogen and oxygen atoms in total. The number of aromatic nitrogens is 5. The van der Waals surface area contributed by atoms with Crippen LogP contribution in [0.25, 0.3) is 16.7 Å². The number of pyridine rings is 1. The smallest absolute Gasteiger partial charge is 0.172 e. The Labute approximate surface area is 176 Å². The van der Waals surface area contributed by atoms with E-state index < -0.39 is 5.67 Å². The van der Waals surface area contributed by atoms with Gasteiger partial charge in [0.1, 0.15) is 17.8 Å². The molecule has 0 aromatic carbocycles. The number of nitrogens with one attached hydrogen (secondary N) is 1. The van der Waals surface area contributed by atoms with E-state index in [1.165, 1.54) is 27.0 Å². The highest BCUT2D eigenvalue weighted by atomic mass is 19.1. The number of anilines is 2. The molecule has 162 valence electrons. The van der Waals surface area contributed by atoms with Crippen molar-refractivity contribution in [2.75, 3.05) is 30.4 Å². The molecule has 3 rings (SSSR count). The van der Waals surface area contributed by atoms with Gasteiger partial charge in [-0.05, 0) is 34.1 Å². The Bertz CT molecular complexity index is 981. The maximum atomic E-state index is 14.4. The van der Waals surface area contributed by atoms with Gasteiger partial charge in [0, 0.05) is 32.4 Å². The molecular formula is C21H30FN7O. The summed E-state index contributed by atoms with van der Waals surface area (Å²) in [6.07, 6.45) is 6.62. The molecule has 3 aromatic rings. The molecule has 3 aromatic heterocycles. The molecule has 1 N–H and O–H groups in total. The zero-order chi connectivity index (χ0) is 22.3. The van der Waals surface area contributed by atoms with Crippen molar-refractivity contribution in [3.63, 3.8) is 0 Å². The second-order valence-electron chi connectivity index (χ2n) is 7.12. The van der Waals surface area contributed by atoms with Gasteiger partial charge in [0.05, 0.1) is 29.0 Å². The first-order valence-corrected chi connectivity index (χ1v) is 10.0. The standard InChI is InChI=1S/C19H26FN7.C2H4O/c1-6-8-26(7-2)18-13-10-23-16(21-5)9-14(13)27(25-18)17-12-22-11-15(24-17)19(3,4)20;1-2-3/h9-12H,6-8H2,1-5H3,(H,21,23);2H,1H3. The second kappa shape index (κ2) is 10.1. The Morgan fingerprint density at radius 1 is 1.27 bits per heavy atom. The summed E-state index contributed by atoms with van der Waals surface area (Å²) in [5, 5.41) is 8.77. The van der Waals surface area contributed by atoms with Crippen molar-refractivity contribution in [3.8, 4) is 5.82 Å². The lowest BCUT2D eigenvalue weighted by Gasteiger charge is -2.19. The average Bonchev–Trinajstić information content (AvgIpc) is 3.10. The van der Waals surface area contributed by atoms with E-state index >= 15 is 0 Å². The highest BCUT2D eigenvalue weighted by Gasteiger charge is 2.23. The summed E-state index contributed by atoms with van der Waals surface area (Å²) in [5.41, 5.74) is -0.458. The first-order chi connectivity index (χ1) is 14.3. The number of nitrogens with zero attached hydrogens (tertiary/aromatic N) is 6. The normalized spacial score (nSPS) is 11.0. The third kappa shape index (κ3) is 5.08. The van der Waals surface area contributed by atoms with Crippen LogP contribution < -0.4 is 10.2 Å². The molecule has 0 atom stereocenters. The summed E-state index contributed by atoms with van der Waals surface area (Å²) in [6.45, 7) is 10.3. The molecule has 0 radical (unpaired) electrons. The summed E-state index contributed by atoms with van der Waals surface area (Å²) < 4.78 is 16.1. The minimum atomic E-state index is -1.58. The monoisotopic (exact) mass is 415 g/mol. The summed E-state index contributed by atoms with van der Waals surface area (Å²) in [4.78, 5) is 24.1. The molecule has 0 saturated heterocycles. The van der Waals surface area contributed by atoms with Crippen LogP contribution in [0, 0.1) is 0 Å². The van der Waals surface area contributed by atoms with Crippen molar-refractivity contribution in [2.24, 2.45) is 0 Å². The molecule has 0 amide bonds. The minimum Gasteiger partial charge on any atom is -0.373 e. The lowest BCUT2D eigenvalue weighted by atomic mass is 10.1. The molecule has 0 aliphatic rings. The molecule has 30 heavy (non-hydrogen) atoms. The van der Waals surface area contributed by atoms with Crippen LogP contribution in [0.3, 0.4) is 0 Å². The molecule has 0 bridgehead atoms. The Morgan fingerprint density at radius 3 is 2.53 bits per heavy atom. The van der Waals surface area contributed by atoms with Crippen LogP contribution in [-0.2, 0) is 10.5 Å². The molecule has 0 aliphatic heterocycles. The van der Waals surface area contributed by atoms with Crippen LogP contribution >= 0.6 is 0 Å². The Morgan fingerprint density at radius 2 is 1.97 bits per heavy atom. The fourth-order valence-electron chi connectivity index (χ4n) is 2.97. The highest BCUT2D eigenvalue weighted by molar-refractivity contribution is 5.92. The van der Waals surface area contributed by atoms with Gasteiger partial charge >= 0.3 is 0 Å². The Kier molecular flexibility index (Phi) is 7.79. The van der Waals surface area contributed by atoms with Gasteiger partial charge in [-0.25, -0.2) is 19.0 Å². The molecule has 3 heterocycles. The Balaban J connectivity index is 0.00000101. The number of alkyl halides is 1. The van der Waals surface area contributed by atoms with E-state index in [1.807, 2.05) is 19.3 Å². The van der Waals surface area contributed by atoms with E-state index in [0.29, 0.717) is 5.82 Å². The third-order valence-corrected chi connectivity index (χ3v) is 4.42. The quantitative estimate of drug-likeness (QED) is 0.586. The second-order valence-corrected chi connectivity index (χ2v) is 7.12. The van der Waals surface area contributed by atoms with Gasteiger partial charge < -0.3 is 15.0 Å². The number of fused-ring (bicyclic) bond motifs is 1. The summed E-state index contributed by atoms with van der Waals surface area (Å²) in [6, 6.07) is 1.92. The predicted octanol–water partition coefficient (Wildman–Crippen LogP) is 3.90. The molecule has 0 spiro atoms. The van der Waals surface area contributed by atoms with E-state index in [9.17, 15) is 4.39 Å². The number of rotatable bonds is 7. The van der Waals surface area contributed by atoms with Crippen molar-refractivity contribution in [2.45, 2.75) is 46.7 Å². The number of halogens is 1. The average molecular weight is 416 g/mol. The molecular weight excluding hydrogens is 385 g/mol. The Hall–Kier alpha value is -3.10. The maximum absolute atomic E-state index is 14.4. The predicted molar refractivity (Wildman–Crippen MR) is 118 cm³/mol. The zero-order valence-corrected chi connectivity index (χ0v) is 18.5. The number of aldehydes is 1. The van der Waals surface area contributed by atoms with Gasteiger partial charge in [0.2, 0.25) is 0 Å². The van der Waals surface area contributed by atoms with Crippen LogP contribution in [0.15, 0.2) is 24.7 Å². The van der Waals surface area contributed by atoms with Crippen molar-refractivity contribution in [3.05, 3.63) is 30.4 Å².